The van der Waals surface area contributed by atoms with E-state index in [-0.39, 0.29) is 35.0 Å². The maximum atomic E-state index is 13.8. The van der Waals surface area contributed by atoms with Crippen molar-refractivity contribution in [1.82, 2.24) is 19.7 Å². The number of piperazine rings is 1. The highest BCUT2D eigenvalue weighted by atomic mass is 79.9. The highest BCUT2D eigenvalue weighted by Gasteiger charge is 2.67. The van der Waals surface area contributed by atoms with Gasteiger partial charge in [0.25, 0.3) is 5.91 Å². The molecule has 4 aliphatic rings. The molecule has 0 spiro atoms. The zero-order valence-electron chi connectivity index (χ0n) is 28.8. The fourth-order valence-electron chi connectivity index (χ4n) is 9.00. The number of halogens is 1. The van der Waals surface area contributed by atoms with Crippen molar-refractivity contribution in [3.63, 3.8) is 0 Å². The molecule has 0 unspecified atom stereocenters. The summed E-state index contributed by atoms with van der Waals surface area (Å²) in [7, 11) is 0. The Bertz CT molecular complexity index is 1560. The SMILES string of the molecule is CC(C)(C)OC(=O)N1CCN(C2CCC(c3ccc4c(n3)CN(C3C(C)(C)C(Oc5ccc(C#N)c(Br)c5)C3(C)C)C4=O)CC2)CC1. The molecule has 2 aliphatic heterocycles. The lowest BCUT2D eigenvalue weighted by Crippen LogP contribution is -2.74. The molecule has 47 heavy (non-hydrogen) atoms. The minimum Gasteiger partial charge on any atom is -0.489 e. The Morgan fingerprint density at radius 1 is 1.00 bits per heavy atom. The van der Waals surface area contributed by atoms with Gasteiger partial charge >= 0.3 is 6.09 Å². The van der Waals surface area contributed by atoms with Crippen LogP contribution < -0.4 is 4.74 Å². The first-order chi connectivity index (χ1) is 22.1. The minimum absolute atomic E-state index is 0.0156. The first-order valence-corrected chi connectivity index (χ1v) is 17.8. The van der Waals surface area contributed by atoms with Crippen LogP contribution in [0.25, 0.3) is 0 Å². The van der Waals surface area contributed by atoms with Gasteiger partial charge in [-0.25, -0.2) is 4.79 Å². The van der Waals surface area contributed by atoms with Crippen molar-refractivity contribution in [3.8, 4) is 11.8 Å². The Labute approximate surface area is 287 Å². The fourth-order valence-corrected chi connectivity index (χ4v) is 9.45. The van der Waals surface area contributed by atoms with E-state index in [1.165, 1.54) is 0 Å². The van der Waals surface area contributed by atoms with Gasteiger partial charge in [-0.05, 0) is 92.7 Å². The normalized spacial score (nSPS) is 27.1. The first kappa shape index (κ1) is 33.7. The molecule has 9 nitrogen and oxygen atoms in total. The molecule has 2 amide bonds. The summed E-state index contributed by atoms with van der Waals surface area (Å²) < 4.78 is 12.8. The number of nitrogens with zero attached hydrogens (tertiary/aromatic N) is 5. The Balaban J connectivity index is 1.06. The fraction of sp³-hybridized carbons (Fsp3) is 0.622. The maximum Gasteiger partial charge on any atom is 0.410 e. The van der Waals surface area contributed by atoms with Crippen molar-refractivity contribution < 1.29 is 19.1 Å². The van der Waals surface area contributed by atoms with Gasteiger partial charge in [-0.3, -0.25) is 14.7 Å². The zero-order chi connectivity index (χ0) is 33.9. The topological polar surface area (TPSA) is 99.0 Å². The molecule has 6 rings (SSSR count). The molecule has 10 heteroatoms. The predicted octanol–water partition coefficient (Wildman–Crippen LogP) is 7.13. The lowest BCUT2D eigenvalue weighted by atomic mass is 9.49. The van der Waals surface area contributed by atoms with Crippen LogP contribution in [0.4, 0.5) is 4.79 Å². The van der Waals surface area contributed by atoms with Gasteiger partial charge in [0.2, 0.25) is 0 Å². The van der Waals surface area contributed by atoms with Gasteiger partial charge in [-0.2, -0.15) is 5.26 Å². The summed E-state index contributed by atoms with van der Waals surface area (Å²) in [5, 5.41) is 9.29. The quantitative estimate of drug-likeness (QED) is 0.326. The number of nitriles is 1. The van der Waals surface area contributed by atoms with E-state index in [0.29, 0.717) is 47.4 Å². The van der Waals surface area contributed by atoms with E-state index in [0.717, 1.165) is 55.7 Å². The molecule has 2 saturated carbocycles. The molecule has 2 aromatic rings. The number of rotatable bonds is 5. The van der Waals surface area contributed by atoms with Crippen LogP contribution in [0, 0.1) is 22.2 Å². The van der Waals surface area contributed by atoms with Crippen LogP contribution in [-0.4, -0.2) is 81.7 Å². The summed E-state index contributed by atoms with van der Waals surface area (Å²) >= 11 is 3.47. The van der Waals surface area contributed by atoms with E-state index in [4.69, 9.17) is 14.5 Å². The highest BCUT2D eigenvalue weighted by Crippen LogP contribution is 2.59. The lowest BCUT2D eigenvalue weighted by molar-refractivity contribution is -0.199. The van der Waals surface area contributed by atoms with Crippen LogP contribution in [0.2, 0.25) is 0 Å². The molecule has 0 bridgehead atoms. The van der Waals surface area contributed by atoms with Gasteiger partial charge in [0.15, 0.2) is 0 Å². The third-order valence-electron chi connectivity index (χ3n) is 10.8. The molecule has 252 valence electrons. The molecule has 0 N–H and O–H groups in total. The van der Waals surface area contributed by atoms with E-state index in [9.17, 15) is 14.9 Å². The lowest BCUT2D eigenvalue weighted by Gasteiger charge is -2.65. The van der Waals surface area contributed by atoms with Gasteiger partial charge in [-0.1, -0.05) is 27.7 Å². The number of pyridine rings is 1. The highest BCUT2D eigenvalue weighted by molar-refractivity contribution is 9.10. The van der Waals surface area contributed by atoms with Crippen LogP contribution in [-0.2, 0) is 11.3 Å². The predicted molar refractivity (Wildman–Crippen MR) is 183 cm³/mol. The molecule has 2 aliphatic carbocycles. The van der Waals surface area contributed by atoms with Crippen molar-refractivity contribution in [2.75, 3.05) is 26.2 Å². The number of carbonyl (C=O) groups excluding carboxylic acids is 2. The van der Waals surface area contributed by atoms with E-state index in [2.05, 4.69) is 60.7 Å². The summed E-state index contributed by atoms with van der Waals surface area (Å²) in [4.78, 5) is 37.8. The molecule has 3 fully saturated rings. The number of carbonyl (C=O) groups is 2. The molecule has 1 saturated heterocycles. The smallest absolute Gasteiger partial charge is 0.410 e. The second kappa shape index (κ2) is 12.4. The molecular weight excluding hydrogens is 658 g/mol. The standard InChI is InChI=1S/C37H48BrN5O4/c1-35(2,3)47-34(45)42-18-16-41(17-19-42)25-11-8-23(9-12-25)29-15-14-27-30(40-29)22-43(31(27)44)32-36(4,5)33(37(32,6)7)46-26-13-10-24(21-39)28(38)20-26/h10,13-15,20,23,25,32-33H,8-9,11-12,16-19,22H2,1-7H3. The molecule has 1 aromatic heterocycles. The van der Waals surface area contributed by atoms with Gasteiger partial charge in [-0.15, -0.1) is 0 Å². The van der Waals surface area contributed by atoms with Crippen LogP contribution in [0.15, 0.2) is 34.8 Å². The summed E-state index contributed by atoms with van der Waals surface area (Å²) in [5.74, 6) is 1.16. The van der Waals surface area contributed by atoms with Gasteiger partial charge in [0.05, 0.1) is 23.4 Å². The number of benzene rings is 1. The summed E-state index contributed by atoms with van der Waals surface area (Å²) in [6.45, 7) is 18.1. The van der Waals surface area contributed by atoms with Crippen LogP contribution in [0.1, 0.15) is 107 Å². The number of aromatic nitrogens is 1. The molecule has 0 radical (unpaired) electrons. The van der Waals surface area contributed by atoms with Gasteiger partial charge in [0, 0.05) is 65.2 Å². The third kappa shape index (κ3) is 6.38. The summed E-state index contributed by atoms with van der Waals surface area (Å²) in [6, 6.07) is 12.2. The largest absolute Gasteiger partial charge is 0.489 e. The average Bonchev–Trinajstić information content (AvgIpc) is 3.33. The maximum absolute atomic E-state index is 13.8. The van der Waals surface area contributed by atoms with Crippen LogP contribution in [0.5, 0.6) is 5.75 Å². The van der Waals surface area contributed by atoms with Crippen molar-refractivity contribution in [1.29, 1.82) is 5.26 Å². The van der Waals surface area contributed by atoms with Crippen molar-refractivity contribution in [2.45, 2.75) is 110 Å². The van der Waals surface area contributed by atoms with E-state index < -0.39 is 5.60 Å². The van der Waals surface area contributed by atoms with Crippen LogP contribution >= 0.6 is 15.9 Å². The molecule has 3 heterocycles. The molecular formula is C37H48BrN5O4. The monoisotopic (exact) mass is 705 g/mol. The Hall–Kier alpha value is -3.16. The number of ether oxygens (including phenoxy) is 2. The number of hydrogen-bond acceptors (Lipinski definition) is 7. The molecule has 0 atom stereocenters. The van der Waals surface area contributed by atoms with Crippen molar-refractivity contribution in [2.24, 2.45) is 10.8 Å². The van der Waals surface area contributed by atoms with Crippen molar-refractivity contribution >= 4 is 27.9 Å². The van der Waals surface area contributed by atoms with E-state index in [1.54, 1.807) is 6.07 Å². The van der Waals surface area contributed by atoms with E-state index in [1.807, 2.05) is 48.8 Å². The van der Waals surface area contributed by atoms with Crippen LogP contribution in [0.3, 0.4) is 0 Å². The Morgan fingerprint density at radius 3 is 2.26 bits per heavy atom. The zero-order valence-corrected chi connectivity index (χ0v) is 30.4. The van der Waals surface area contributed by atoms with Gasteiger partial charge < -0.3 is 19.3 Å². The second-order valence-corrected chi connectivity index (χ2v) is 16.8. The molecule has 1 aromatic carbocycles. The third-order valence-corrected chi connectivity index (χ3v) is 11.4. The number of fused-ring (bicyclic) bond motifs is 1. The minimum atomic E-state index is -0.474. The van der Waals surface area contributed by atoms with Gasteiger partial charge in [0.1, 0.15) is 23.5 Å². The van der Waals surface area contributed by atoms with Crippen molar-refractivity contribution in [3.05, 3.63) is 57.3 Å². The van der Waals surface area contributed by atoms with E-state index >= 15 is 0 Å². The average molecular weight is 707 g/mol. The first-order valence-electron chi connectivity index (χ1n) is 17.0. The number of hydrogen-bond donors (Lipinski definition) is 0. The summed E-state index contributed by atoms with van der Waals surface area (Å²) in [5.41, 5.74) is 2.22. The summed E-state index contributed by atoms with van der Waals surface area (Å²) in [6.07, 6.45) is 4.05. The number of amides is 2. The Kier molecular flexibility index (Phi) is 8.88. The Morgan fingerprint density at radius 2 is 1.66 bits per heavy atom. The second-order valence-electron chi connectivity index (χ2n) is 16.0.